The molecule has 2 unspecified atom stereocenters. The average Bonchev–Trinajstić information content (AvgIpc) is 2.43. The van der Waals surface area contributed by atoms with Gasteiger partial charge in [0.1, 0.15) is 0 Å². The molecule has 1 aliphatic rings. The molecular weight excluding hydrogens is 166 g/mol. The first-order valence-corrected chi connectivity index (χ1v) is 5.04. The predicted octanol–water partition coefficient (Wildman–Crippen LogP) is 1.19. The van der Waals surface area contributed by atoms with Crippen molar-refractivity contribution in [2.24, 2.45) is 11.8 Å². The SMILES string of the molecule is COC(=O)C(C)C1CCCNCC1. The summed E-state index contributed by atoms with van der Waals surface area (Å²) < 4.78 is 4.75. The molecule has 1 aliphatic heterocycles. The van der Waals surface area contributed by atoms with Crippen LogP contribution in [0, 0.1) is 11.8 Å². The van der Waals surface area contributed by atoms with Gasteiger partial charge in [-0.25, -0.2) is 0 Å². The summed E-state index contributed by atoms with van der Waals surface area (Å²) in [6.45, 7) is 4.10. The van der Waals surface area contributed by atoms with E-state index in [9.17, 15) is 4.79 Å². The molecule has 1 saturated heterocycles. The molecule has 0 aromatic heterocycles. The third kappa shape index (κ3) is 2.99. The van der Waals surface area contributed by atoms with Crippen LogP contribution in [0.4, 0.5) is 0 Å². The highest BCUT2D eigenvalue weighted by molar-refractivity contribution is 5.72. The minimum atomic E-state index is -0.0631. The minimum Gasteiger partial charge on any atom is -0.469 e. The number of ether oxygens (including phenoxy) is 1. The molecule has 13 heavy (non-hydrogen) atoms. The summed E-state index contributed by atoms with van der Waals surface area (Å²) in [5, 5.41) is 3.34. The molecule has 0 amide bonds. The Morgan fingerprint density at radius 3 is 2.92 bits per heavy atom. The van der Waals surface area contributed by atoms with Gasteiger partial charge in [0, 0.05) is 0 Å². The van der Waals surface area contributed by atoms with Gasteiger partial charge in [-0.3, -0.25) is 4.79 Å². The van der Waals surface area contributed by atoms with Gasteiger partial charge in [0.2, 0.25) is 0 Å². The van der Waals surface area contributed by atoms with Gasteiger partial charge >= 0.3 is 5.97 Å². The Bertz CT molecular complexity index is 162. The molecule has 1 N–H and O–H groups in total. The number of nitrogens with one attached hydrogen (secondary N) is 1. The molecule has 0 aromatic carbocycles. The van der Waals surface area contributed by atoms with Crippen LogP contribution in [-0.2, 0) is 9.53 Å². The van der Waals surface area contributed by atoms with E-state index in [1.165, 1.54) is 13.5 Å². The lowest BCUT2D eigenvalue weighted by Gasteiger charge is -2.19. The van der Waals surface area contributed by atoms with Gasteiger partial charge in [-0.05, 0) is 38.3 Å². The maximum Gasteiger partial charge on any atom is 0.308 e. The molecule has 3 heteroatoms. The Balaban J connectivity index is 2.43. The average molecular weight is 185 g/mol. The summed E-state index contributed by atoms with van der Waals surface area (Å²) in [7, 11) is 1.47. The Labute approximate surface area is 79.8 Å². The molecule has 1 rings (SSSR count). The van der Waals surface area contributed by atoms with Crippen LogP contribution in [0.25, 0.3) is 0 Å². The maximum absolute atomic E-state index is 11.3. The van der Waals surface area contributed by atoms with E-state index >= 15 is 0 Å². The van der Waals surface area contributed by atoms with E-state index in [2.05, 4.69) is 5.32 Å². The van der Waals surface area contributed by atoms with Gasteiger partial charge in [-0.15, -0.1) is 0 Å². The van der Waals surface area contributed by atoms with E-state index in [0.717, 1.165) is 25.9 Å². The number of carbonyl (C=O) groups is 1. The Morgan fingerprint density at radius 2 is 2.23 bits per heavy atom. The zero-order valence-electron chi connectivity index (χ0n) is 8.51. The largest absolute Gasteiger partial charge is 0.469 e. The van der Waals surface area contributed by atoms with Crippen molar-refractivity contribution in [1.82, 2.24) is 5.32 Å². The van der Waals surface area contributed by atoms with Gasteiger partial charge in [-0.2, -0.15) is 0 Å². The van der Waals surface area contributed by atoms with Crippen LogP contribution in [0.5, 0.6) is 0 Å². The fraction of sp³-hybridized carbons (Fsp3) is 0.900. The molecular formula is C10H19NO2. The van der Waals surface area contributed by atoms with Crippen LogP contribution in [0.3, 0.4) is 0 Å². The van der Waals surface area contributed by atoms with Crippen molar-refractivity contribution in [2.45, 2.75) is 26.2 Å². The van der Waals surface area contributed by atoms with Gasteiger partial charge in [0.25, 0.3) is 0 Å². The van der Waals surface area contributed by atoms with Crippen LogP contribution in [-0.4, -0.2) is 26.2 Å². The second-order valence-corrected chi connectivity index (χ2v) is 3.75. The van der Waals surface area contributed by atoms with Gasteiger partial charge in [0.15, 0.2) is 0 Å². The third-order valence-electron chi connectivity index (χ3n) is 2.90. The second kappa shape index (κ2) is 5.22. The quantitative estimate of drug-likeness (QED) is 0.657. The summed E-state index contributed by atoms with van der Waals surface area (Å²) >= 11 is 0. The van der Waals surface area contributed by atoms with Crippen LogP contribution >= 0.6 is 0 Å². The van der Waals surface area contributed by atoms with Crippen LogP contribution < -0.4 is 5.32 Å². The lowest BCUT2D eigenvalue weighted by molar-refractivity contribution is -0.146. The Kier molecular flexibility index (Phi) is 4.22. The van der Waals surface area contributed by atoms with Crippen molar-refractivity contribution in [2.75, 3.05) is 20.2 Å². The highest BCUT2D eigenvalue weighted by Gasteiger charge is 2.24. The van der Waals surface area contributed by atoms with E-state index in [1.54, 1.807) is 0 Å². The molecule has 2 atom stereocenters. The molecule has 1 heterocycles. The smallest absolute Gasteiger partial charge is 0.308 e. The number of hydrogen-bond acceptors (Lipinski definition) is 3. The van der Waals surface area contributed by atoms with Crippen molar-refractivity contribution in [3.05, 3.63) is 0 Å². The lowest BCUT2D eigenvalue weighted by atomic mass is 9.88. The molecule has 0 aliphatic carbocycles. The lowest BCUT2D eigenvalue weighted by Crippen LogP contribution is -2.23. The molecule has 1 fully saturated rings. The molecule has 0 radical (unpaired) electrons. The third-order valence-corrected chi connectivity index (χ3v) is 2.90. The van der Waals surface area contributed by atoms with Crippen molar-refractivity contribution in [1.29, 1.82) is 0 Å². The first-order valence-electron chi connectivity index (χ1n) is 5.04. The molecule has 3 nitrogen and oxygen atoms in total. The predicted molar refractivity (Wildman–Crippen MR) is 51.4 cm³/mol. The summed E-state index contributed by atoms with van der Waals surface area (Å²) in [5.74, 6) is 0.499. The fourth-order valence-electron chi connectivity index (χ4n) is 1.92. The minimum absolute atomic E-state index is 0.0601. The number of methoxy groups -OCH3 is 1. The first-order chi connectivity index (χ1) is 6.25. The maximum atomic E-state index is 11.3. The molecule has 0 spiro atoms. The van der Waals surface area contributed by atoms with Crippen LogP contribution in [0.15, 0.2) is 0 Å². The zero-order chi connectivity index (χ0) is 9.68. The fourth-order valence-corrected chi connectivity index (χ4v) is 1.92. The van der Waals surface area contributed by atoms with E-state index in [0.29, 0.717) is 5.92 Å². The zero-order valence-corrected chi connectivity index (χ0v) is 8.51. The van der Waals surface area contributed by atoms with Gasteiger partial charge in [-0.1, -0.05) is 6.92 Å². The highest BCUT2D eigenvalue weighted by atomic mass is 16.5. The summed E-state index contributed by atoms with van der Waals surface area (Å²) in [6.07, 6.45) is 3.41. The Hall–Kier alpha value is -0.570. The van der Waals surface area contributed by atoms with Crippen molar-refractivity contribution >= 4 is 5.97 Å². The summed E-state index contributed by atoms with van der Waals surface area (Å²) in [4.78, 5) is 11.3. The van der Waals surface area contributed by atoms with Crippen LogP contribution in [0.2, 0.25) is 0 Å². The topological polar surface area (TPSA) is 38.3 Å². The molecule has 0 saturated carbocycles. The number of carbonyl (C=O) groups excluding carboxylic acids is 1. The molecule has 76 valence electrons. The van der Waals surface area contributed by atoms with Crippen molar-refractivity contribution < 1.29 is 9.53 Å². The number of esters is 1. The first kappa shape index (κ1) is 10.5. The van der Waals surface area contributed by atoms with Crippen molar-refractivity contribution in [3.63, 3.8) is 0 Å². The second-order valence-electron chi connectivity index (χ2n) is 3.75. The van der Waals surface area contributed by atoms with E-state index in [1.807, 2.05) is 6.92 Å². The molecule has 0 bridgehead atoms. The van der Waals surface area contributed by atoms with Crippen LogP contribution in [0.1, 0.15) is 26.2 Å². The monoisotopic (exact) mass is 185 g/mol. The van der Waals surface area contributed by atoms with E-state index in [4.69, 9.17) is 4.74 Å². The number of hydrogen-bond donors (Lipinski definition) is 1. The summed E-state index contributed by atoms with van der Waals surface area (Å²) in [5.41, 5.74) is 0. The number of rotatable bonds is 2. The summed E-state index contributed by atoms with van der Waals surface area (Å²) in [6, 6.07) is 0. The Morgan fingerprint density at radius 1 is 1.46 bits per heavy atom. The van der Waals surface area contributed by atoms with E-state index in [-0.39, 0.29) is 11.9 Å². The van der Waals surface area contributed by atoms with Gasteiger partial charge < -0.3 is 10.1 Å². The van der Waals surface area contributed by atoms with Gasteiger partial charge in [0.05, 0.1) is 13.0 Å². The molecule has 0 aromatic rings. The highest BCUT2D eigenvalue weighted by Crippen LogP contribution is 2.23. The van der Waals surface area contributed by atoms with Crippen molar-refractivity contribution in [3.8, 4) is 0 Å². The standard InChI is InChI=1S/C10H19NO2/c1-8(10(12)13-2)9-4-3-6-11-7-5-9/h8-9,11H,3-7H2,1-2H3. The normalized spacial score (nSPS) is 26.2. The van der Waals surface area contributed by atoms with E-state index < -0.39 is 0 Å².